The van der Waals surface area contributed by atoms with E-state index in [4.69, 9.17) is 0 Å². The highest BCUT2D eigenvalue weighted by Gasteiger charge is 2.13. The van der Waals surface area contributed by atoms with Crippen molar-refractivity contribution in [3.05, 3.63) is 23.4 Å². The van der Waals surface area contributed by atoms with Gasteiger partial charge in [0, 0.05) is 28.9 Å². The van der Waals surface area contributed by atoms with Gasteiger partial charge in [-0.05, 0) is 12.8 Å². The minimum atomic E-state index is 0.376. The Labute approximate surface area is 96.3 Å². The van der Waals surface area contributed by atoms with Gasteiger partial charge >= 0.3 is 0 Å². The maximum absolute atomic E-state index is 4.63. The molecule has 0 aliphatic rings. The van der Waals surface area contributed by atoms with Crippen LogP contribution in [0.2, 0.25) is 0 Å². The molecule has 0 radical (unpaired) electrons. The predicted molar refractivity (Wildman–Crippen MR) is 66.8 cm³/mol. The van der Waals surface area contributed by atoms with Gasteiger partial charge in [-0.2, -0.15) is 0 Å². The van der Waals surface area contributed by atoms with E-state index in [0.717, 1.165) is 22.4 Å². The van der Waals surface area contributed by atoms with Gasteiger partial charge < -0.3 is 4.98 Å². The van der Waals surface area contributed by atoms with Crippen LogP contribution in [0.3, 0.4) is 0 Å². The first-order valence-corrected chi connectivity index (χ1v) is 5.85. The van der Waals surface area contributed by atoms with Crippen LogP contribution >= 0.6 is 0 Å². The summed E-state index contributed by atoms with van der Waals surface area (Å²) in [5.41, 5.74) is 3.45. The van der Waals surface area contributed by atoms with Crippen LogP contribution in [0.1, 0.15) is 56.7 Å². The smallest absolute Gasteiger partial charge is 0.131 e. The van der Waals surface area contributed by atoms with Crippen molar-refractivity contribution >= 4 is 10.9 Å². The lowest BCUT2D eigenvalue weighted by Gasteiger charge is -2.04. The average molecular weight is 217 g/mol. The molecule has 3 heteroatoms. The third-order valence-corrected chi connectivity index (χ3v) is 2.87. The largest absolute Gasteiger partial charge is 0.360 e. The quantitative estimate of drug-likeness (QED) is 0.836. The van der Waals surface area contributed by atoms with Gasteiger partial charge in [0.2, 0.25) is 0 Å². The van der Waals surface area contributed by atoms with E-state index in [1.165, 1.54) is 5.69 Å². The van der Waals surface area contributed by atoms with E-state index in [1.54, 1.807) is 0 Å². The number of fused-ring (bicyclic) bond motifs is 1. The molecular weight excluding hydrogens is 198 g/mol. The zero-order chi connectivity index (χ0) is 11.9. The minimum Gasteiger partial charge on any atom is -0.360 e. The van der Waals surface area contributed by atoms with Crippen molar-refractivity contribution in [2.45, 2.75) is 46.5 Å². The van der Waals surface area contributed by atoms with Crippen LogP contribution in [-0.2, 0) is 0 Å². The highest BCUT2D eigenvalue weighted by Crippen LogP contribution is 2.26. The molecule has 0 spiro atoms. The van der Waals surface area contributed by atoms with E-state index in [1.807, 2.05) is 6.20 Å². The second-order valence-electron chi connectivity index (χ2n) is 4.96. The number of nitrogens with zero attached hydrogens (tertiary/aromatic N) is 2. The van der Waals surface area contributed by atoms with E-state index in [-0.39, 0.29) is 0 Å². The molecule has 0 saturated carbocycles. The summed E-state index contributed by atoms with van der Waals surface area (Å²) < 4.78 is 0. The van der Waals surface area contributed by atoms with Gasteiger partial charge in [-0.3, -0.25) is 0 Å². The van der Waals surface area contributed by atoms with Crippen LogP contribution in [0.4, 0.5) is 0 Å². The van der Waals surface area contributed by atoms with Crippen molar-refractivity contribution in [2.75, 3.05) is 0 Å². The van der Waals surface area contributed by atoms with Crippen molar-refractivity contribution in [1.29, 1.82) is 0 Å². The van der Waals surface area contributed by atoms with E-state index in [0.29, 0.717) is 11.8 Å². The molecule has 16 heavy (non-hydrogen) atoms. The normalized spacial score (nSPS) is 11.9. The Balaban J connectivity index is 2.67. The lowest BCUT2D eigenvalue weighted by molar-refractivity contribution is 0.782. The number of aryl methyl sites for hydroxylation is 1. The summed E-state index contributed by atoms with van der Waals surface area (Å²) in [5, 5.41) is 1.16. The summed E-state index contributed by atoms with van der Waals surface area (Å²) >= 11 is 0. The van der Waals surface area contributed by atoms with E-state index in [9.17, 15) is 0 Å². The summed E-state index contributed by atoms with van der Waals surface area (Å²) in [4.78, 5) is 12.5. The second kappa shape index (κ2) is 3.89. The minimum absolute atomic E-state index is 0.376. The van der Waals surface area contributed by atoms with E-state index >= 15 is 0 Å². The first-order chi connectivity index (χ1) is 7.50. The molecule has 0 aliphatic heterocycles. The molecule has 86 valence electrons. The Kier molecular flexibility index (Phi) is 2.70. The Morgan fingerprint density at radius 2 is 1.81 bits per heavy atom. The Morgan fingerprint density at radius 3 is 2.38 bits per heavy atom. The molecule has 2 heterocycles. The third-order valence-electron chi connectivity index (χ3n) is 2.87. The molecule has 2 aromatic rings. The van der Waals surface area contributed by atoms with Crippen LogP contribution in [0.25, 0.3) is 10.9 Å². The summed E-state index contributed by atoms with van der Waals surface area (Å²) in [6, 6.07) is 0. The molecule has 0 aliphatic carbocycles. The number of aromatic nitrogens is 3. The molecule has 2 aromatic heterocycles. The van der Waals surface area contributed by atoms with Crippen LogP contribution in [0.15, 0.2) is 6.20 Å². The van der Waals surface area contributed by atoms with Gasteiger partial charge in [0.05, 0.1) is 5.52 Å². The Bertz CT molecular complexity index is 509. The SMILES string of the molecule is Cc1[nH]c(C(C)C)c2cnc(C(C)C)nc12. The second-order valence-corrected chi connectivity index (χ2v) is 4.96. The van der Waals surface area contributed by atoms with E-state index in [2.05, 4.69) is 49.6 Å². The Hall–Kier alpha value is -1.38. The van der Waals surface area contributed by atoms with Crippen molar-refractivity contribution < 1.29 is 0 Å². The molecular formula is C13H19N3. The van der Waals surface area contributed by atoms with Gasteiger partial charge in [-0.15, -0.1) is 0 Å². The number of nitrogens with one attached hydrogen (secondary N) is 1. The molecule has 0 bridgehead atoms. The molecule has 3 nitrogen and oxygen atoms in total. The average Bonchev–Trinajstić information content (AvgIpc) is 2.56. The number of aromatic amines is 1. The molecule has 0 saturated heterocycles. The fourth-order valence-corrected chi connectivity index (χ4v) is 1.94. The maximum atomic E-state index is 4.63. The van der Waals surface area contributed by atoms with Crippen LogP contribution in [0.5, 0.6) is 0 Å². The molecule has 0 amide bonds. The zero-order valence-corrected chi connectivity index (χ0v) is 10.6. The topological polar surface area (TPSA) is 41.6 Å². The third kappa shape index (κ3) is 1.70. The number of rotatable bonds is 2. The molecule has 1 N–H and O–H groups in total. The van der Waals surface area contributed by atoms with Crippen LogP contribution in [-0.4, -0.2) is 15.0 Å². The monoisotopic (exact) mass is 217 g/mol. The van der Waals surface area contributed by atoms with E-state index < -0.39 is 0 Å². The summed E-state index contributed by atoms with van der Waals surface area (Å²) in [6.45, 7) is 10.7. The first kappa shape index (κ1) is 11.1. The van der Waals surface area contributed by atoms with Gasteiger partial charge in [-0.1, -0.05) is 27.7 Å². The van der Waals surface area contributed by atoms with Crippen molar-refractivity contribution in [3.8, 4) is 0 Å². The molecule has 2 rings (SSSR count). The Morgan fingerprint density at radius 1 is 1.12 bits per heavy atom. The molecule has 0 unspecified atom stereocenters. The van der Waals surface area contributed by atoms with Gasteiger partial charge in [0.15, 0.2) is 0 Å². The highest BCUT2D eigenvalue weighted by molar-refractivity contribution is 5.84. The zero-order valence-electron chi connectivity index (χ0n) is 10.6. The fraction of sp³-hybridized carbons (Fsp3) is 0.538. The lowest BCUT2D eigenvalue weighted by Crippen LogP contribution is -1.97. The number of hydrogen-bond acceptors (Lipinski definition) is 2. The maximum Gasteiger partial charge on any atom is 0.131 e. The summed E-state index contributed by atoms with van der Waals surface area (Å²) in [6.07, 6.45) is 1.95. The van der Waals surface area contributed by atoms with Crippen molar-refractivity contribution in [2.24, 2.45) is 0 Å². The highest BCUT2D eigenvalue weighted by atomic mass is 14.9. The van der Waals surface area contributed by atoms with Crippen LogP contribution < -0.4 is 0 Å². The first-order valence-electron chi connectivity index (χ1n) is 5.85. The molecule has 0 atom stereocenters. The predicted octanol–water partition coefficient (Wildman–Crippen LogP) is 3.51. The number of H-pyrrole nitrogens is 1. The fourth-order valence-electron chi connectivity index (χ4n) is 1.94. The number of hydrogen-bond donors (Lipinski definition) is 1. The summed E-state index contributed by atoms with van der Waals surface area (Å²) in [7, 11) is 0. The van der Waals surface area contributed by atoms with Gasteiger partial charge in [0.25, 0.3) is 0 Å². The van der Waals surface area contributed by atoms with Gasteiger partial charge in [0.1, 0.15) is 5.82 Å². The summed E-state index contributed by atoms with van der Waals surface area (Å²) in [5.74, 6) is 1.77. The molecule has 0 fully saturated rings. The molecule has 0 aromatic carbocycles. The standard InChI is InChI=1S/C13H19N3/c1-7(2)11-10-6-14-13(8(3)4)16-12(10)9(5)15-11/h6-8,15H,1-5H3. The van der Waals surface area contributed by atoms with Gasteiger partial charge in [-0.25, -0.2) is 9.97 Å². The van der Waals surface area contributed by atoms with Crippen molar-refractivity contribution in [1.82, 2.24) is 15.0 Å². The van der Waals surface area contributed by atoms with Crippen molar-refractivity contribution in [3.63, 3.8) is 0 Å². The lowest BCUT2D eigenvalue weighted by atomic mass is 10.1. The van der Waals surface area contributed by atoms with Crippen LogP contribution in [0, 0.1) is 6.92 Å².